The Morgan fingerprint density at radius 2 is 1.86 bits per heavy atom. The van der Waals surface area contributed by atoms with Gasteiger partial charge < -0.3 is 14.0 Å². The summed E-state index contributed by atoms with van der Waals surface area (Å²) in [6, 6.07) is 0. The standard InChI is InChI=1S/C21H38BN3O3/c1-8-18(13-17(2)22-27-20(3,4)21(5,6)28-22)9-11-24(7)25(16-23)14-19-10-12-26-15-19/h8,13,16,19,23H,9-12,14-15H2,1-7H3. The molecule has 2 heterocycles. The second kappa shape index (κ2) is 9.57. The van der Waals surface area contributed by atoms with Crippen molar-refractivity contribution in [3.05, 3.63) is 23.2 Å². The average Bonchev–Trinajstić information content (AvgIpc) is 3.21. The molecule has 0 spiro atoms. The van der Waals surface area contributed by atoms with Crippen LogP contribution in [0.2, 0.25) is 0 Å². The lowest BCUT2D eigenvalue weighted by Gasteiger charge is -2.32. The van der Waals surface area contributed by atoms with Crippen molar-refractivity contribution in [1.29, 1.82) is 5.41 Å². The van der Waals surface area contributed by atoms with Crippen molar-refractivity contribution in [3.8, 4) is 0 Å². The average molecular weight is 391 g/mol. The largest absolute Gasteiger partial charge is 0.490 e. The second-order valence-electron chi connectivity index (χ2n) is 8.95. The minimum Gasteiger partial charge on any atom is -0.400 e. The third-order valence-electron chi connectivity index (χ3n) is 6.19. The molecule has 1 N–H and O–H groups in total. The van der Waals surface area contributed by atoms with Crippen molar-refractivity contribution >= 4 is 13.5 Å². The summed E-state index contributed by atoms with van der Waals surface area (Å²) in [5.74, 6) is 0.510. The van der Waals surface area contributed by atoms with Gasteiger partial charge in [0.15, 0.2) is 0 Å². The molecule has 6 nitrogen and oxygen atoms in total. The number of ether oxygens (including phenoxy) is 1. The maximum Gasteiger partial charge on any atom is 0.490 e. The Balaban J connectivity index is 1.91. The highest BCUT2D eigenvalue weighted by atomic mass is 16.7. The van der Waals surface area contributed by atoms with Gasteiger partial charge in [-0.2, -0.15) is 0 Å². The summed E-state index contributed by atoms with van der Waals surface area (Å²) in [6.45, 7) is 15.8. The van der Waals surface area contributed by atoms with E-state index in [-0.39, 0.29) is 18.3 Å². The first-order valence-electron chi connectivity index (χ1n) is 10.3. The van der Waals surface area contributed by atoms with Crippen LogP contribution in [0.25, 0.3) is 0 Å². The zero-order valence-corrected chi connectivity index (χ0v) is 18.7. The summed E-state index contributed by atoms with van der Waals surface area (Å²) in [5.41, 5.74) is 1.68. The minimum absolute atomic E-state index is 0.307. The van der Waals surface area contributed by atoms with Crippen LogP contribution in [-0.2, 0) is 14.0 Å². The molecule has 1 atom stereocenters. The van der Waals surface area contributed by atoms with Crippen LogP contribution in [0, 0.1) is 11.3 Å². The third-order valence-corrected chi connectivity index (χ3v) is 6.19. The Kier molecular flexibility index (Phi) is 7.91. The monoisotopic (exact) mass is 391 g/mol. The highest BCUT2D eigenvalue weighted by Crippen LogP contribution is 2.38. The van der Waals surface area contributed by atoms with Crippen LogP contribution in [0.3, 0.4) is 0 Å². The van der Waals surface area contributed by atoms with Gasteiger partial charge >= 0.3 is 7.12 Å². The predicted octanol–water partition coefficient (Wildman–Crippen LogP) is 3.69. The predicted molar refractivity (Wildman–Crippen MR) is 115 cm³/mol. The normalized spacial score (nSPS) is 24.9. The summed E-state index contributed by atoms with van der Waals surface area (Å²) in [6.07, 6.45) is 7.71. The summed E-state index contributed by atoms with van der Waals surface area (Å²) in [5, 5.41) is 11.8. The lowest BCUT2D eigenvalue weighted by molar-refractivity contribution is 0.00578. The molecule has 2 rings (SSSR count). The molecular weight excluding hydrogens is 353 g/mol. The first-order valence-corrected chi connectivity index (χ1v) is 10.3. The van der Waals surface area contributed by atoms with Crippen LogP contribution < -0.4 is 0 Å². The third kappa shape index (κ3) is 5.69. The van der Waals surface area contributed by atoms with E-state index in [1.165, 1.54) is 11.9 Å². The number of hydrogen-bond donors (Lipinski definition) is 1. The van der Waals surface area contributed by atoms with E-state index in [9.17, 15) is 0 Å². The van der Waals surface area contributed by atoms with Gasteiger partial charge in [-0.3, -0.25) is 10.4 Å². The van der Waals surface area contributed by atoms with Gasteiger partial charge in [0.25, 0.3) is 0 Å². The van der Waals surface area contributed by atoms with E-state index in [0.29, 0.717) is 5.92 Å². The molecule has 2 saturated heterocycles. The molecule has 2 fully saturated rings. The Morgan fingerprint density at radius 3 is 2.36 bits per heavy atom. The van der Waals surface area contributed by atoms with Crippen molar-refractivity contribution in [2.75, 3.05) is 33.4 Å². The Bertz CT molecular complexity index is 582. The highest BCUT2D eigenvalue weighted by Gasteiger charge is 2.51. The molecule has 0 aliphatic carbocycles. The number of nitrogens with zero attached hydrogens (tertiary/aromatic N) is 2. The zero-order chi connectivity index (χ0) is 20.9. The number of hydrazine groups is 1. The lowest BCUT2D eigenvalue weighted by Crippen LogP contribution is -2.42. The van der Waals surface area contributed by atoms with Crippen LogP contribution >= 0.6 is 0 Å². The van der Waals surface area contributed by atoms with Gasteiger partial charge in [-0.15, -0.1) is 0 Å². The zero-order valence-electron chi connectivity index (χ0n) is 18.7. The molecule has 0 radical (unpaired) electrons. The van der Waals surface area contributed by atoms with E-state index in [2.05, 4.69) is 58.7 Å². The molecule has 0 aromatic rings. The van der Waals surface area contributed by atoms with Crippen LogP contribution in [-0.4, -0.2) is 68.0 Å². The van der Waals surface area contributed by atoms with Crippen molar-refractivity contribution < 1.29 is 14.0 Å². The van der Waals surface area contributed by atoms with Crippen molar-refractivity contribution in [2.45, 2.75) is 65.6 Å². The quantitative estimate of drug-likeness (QED) is 0.214. The van der Waals surface area contributed by atoms with E-state index in [1.807, 2.05) is 12.1 Å². The molecule has 2 aliphatic heterocycles. The lowest BCUT2D eigenvalue weighted by atomic mass is 9.78. The second-order valence-corrected chi connectivity index (χ2v) is 8.95. The summed E-state index contributed by atoms with van der Waals surface area (Å²) in [4.78, 5) is 0. The van der Waals surface area contributed by atoms with E-state index in [1.54, 1.807) is 0 Å². The molecule has 0 aromatic heterocycles. The van der Waals surface area contributed by atoms with Gasteiger partial charge in [0.05, 0.1) is 24.1 Å². The Labute approximate surface area is 171 Å². The van der Waals surface area contributed by atoms with Crippen LogP contribution in [0.4, 0.5) is 0 Å². The van der Waals surface area contributed by atoms with Crippen molar-refractivity contribution in [2.24, 2.45) is 5.92 Å². The molecule has 0 bridgehead atoms. The Morgan fingerprint density at radius 1 is 1.21 bits per heavy atom. The molecule has 0 amide bonds. The summed E-state index contributed by atoms with van der Waals surface area (Å²) in [7, 11) is 1.73. The molecule has 0 saturated carbocycles. The van der Waals surface area contributed by atoms with Crippen LogP contribution in [0.5, 0.6) is 0 Å². The smallest absolute Gasteiger partial charge is 0.400 e. The summed E-state index contributed by atoms with van der Waals surface area (Å²) >= 11 is 0. The maximum atomic E-state index is 7.74. The fourth-order valence-corrected chi connectivity index (χ4v) is 3.39. The maximum absolute atomic E-state index is 7.74. The van der Waals surface area contributed by atoms with Crippen LogP contribution in [0.1, 0.15) is 54.4 Å². The highest BCUT2D eigenvalue weighted by molar-refractivity contribution is 6.54. The molecular formula is C21H38BN3O3. The number of allylic oxidation sites excluding steroid dienone is 3. The fourth-order valence-electron chi connectivity index (χ4n) is 3.39. The van der Waals surface area contributed by atoms with E-state index in [0.717, 1.165) is 44.6 Å². The topological polar surface area (TPSA) is 58.0 Å². The molecule has 7 heteroatoms. The van der Waals surface area contributed by atoms with Gasteiger partial charge in [-0.05, 0) is 59.9 Å². The van der Waals surface area contributed by atoms with Gasteiger partial charge in [-0.25, -0.2) is 5.01 Å². The van der Waals surface area contributed by atoms with E-state index >= 15 is 0 Å². The molecule has 28 heavy (non-hydrogen) atoms. The molecule has 0 aromatic carbocycles. The molecule has 158 valence electrons. The van der Waals surface area contributed by atoms with Crippen molar-refractivity contribution in [3.63, 3.8) is 0 Å². The summed E-state index contributed by atoms with van der Waals surface area (Å²) < 4.78 is 17.8. The van der Waals surface area contributed by atoms with Gasteiger partial charge in [0.2, 0.25) is 0 Å². The first kappa shape index (κ1) is 23.1. The van der Waals surface area contributed by atoms with E-state index in [4.69, 9.17) is 19.5 Å². The minimum atomic E-state index is -0.322. The molecule has 2 aliphatic rings. The number of rotatable bonds is 9. The van der Waals surface area contributed by atoms with Gasteiger partial charge in [0.1, 0.15) is 0 Å². The number of nitrogens with one attached hydrogen (secondary N) is 1. The van der Waals surface area contributed by atoms with Crippen molar-refractivity contribution in [1.82, 2.24) is 10.0 Å². The number of hydrogen-bond acceptors (Lipinski definition) is 5. The fraction of sp³-hybridized carbons (Fsp3) is 0.762. The molecule has 1 unspecified atom stereocenters. The first-order chi connectivity index (χ1) is 13.1. The SMILES string of the molecule is CC=C(C=C(C)B1OC(C)(C)C(C)(C)O1)CCN(C)N(C=N)CC1CCOC1. The van der Waals surface area contributed by atoms with Gasteiger partial charge in [0, 0.05) is 32.7 Å². The van der Waals surface area contributed by atoms with Gasteiger partial charge in [-0.1, -0.05) is 17.7 Å². The Hall–Kier alpha value is -1.15. The van der Waals surface area contributed by atoms with E-state index < -0.39 is 0 Å². The van der Waals surface area contributed by atoms with Crippen LogP contribution in [0.15, 0.2) is 23.2 Å².